The predicted molar refractivity (Wildman–Crippen MR) is 57.6 cm³/mol. The highest BCUT2D eigenvalue weighted by Crippen LogP contribution is 1.97. The van der Waals surface area contributed by atoms with Crippen LogP contribution >= 0.6 is 0 Å². The fraction of sp³-hybridized carbons (Fsp3) is 0.600. The van der Waals surface area contributed by atoms with Crippen LogP contribution in [0.3, 0.4) is 0 Å². The third-order valence-electron chi connectivity index (χ3n) is 1.46. The lowest BCUT2D eigenvalue weighted by atomic mass is 10.2. The highest BCUT2D eigenvalue weighted by atomic mass is 16.4. The van der Waals surface area contributed by atoms with Crippen LogP contribution < -0.4 is 5.73 Å². The van der Waals surface area contributed by atoms with Crippen molar-refractivity contribution in [2.75, 3.05) is 6.54 Å². The molecule has 0 aromatic heterocycles. The van der Waals surface area contributed by atoms with E-state index in [2.05, 4.69) is 6.58 Å². The molecule has 0 saturated carbocycles. The molecule has 0 rings (SSSR count). The molecule has 0 amide bonds. The number of carboxylic acid groups (broad SMARTS) is 2. The van der Waals surface area contributed by atoms with Gasteiger partial charge in [-0.15, -0.1) is 0 Å². The minimum atomic E-state index is -0.935. The summed E-state index contributed by atoms with van der Waals surface area (Å²) in [5.41, 5.74) is 5.37. The first-order valence-corrected chi connectivity index (χ1v) is 4.72. The summed E-state index contributed by atoms with van der Waals surface area (Å²) in [7, 11) is 0. The molecule has 88 valence electrons. The van der Waals surface area contributed by atoms with Crippen LogP contribution in [0.4, 0.5) is 0 Å². The van der Waals surface area contributed by atoms with Gasteiger partial charge in [-0.25, -0.2) is 4.79 Å². The monoisotopic (exact) mass is 217 g/mol. The van der Waals surface area contributed by atoms with Gasteiger partial charge in [0.1, 0.15) is 0 Å². The van der Waals surface area contributed by atoms with Crippen molar-refractivity contribution in [2.45, 2.75) is 32.6 Å². The Morgan fingerprint density at radius 1 is 1.20 bits per heavy atom. The van der Waals surface area contributed by atoms with Gasteiger partial charge < -0.3 is 15.9 Å². The van der Waals surface area contributed by atoms with E-state index in [-0.39, 0.29) is 12.0 Å². The number of nitrogens with two attached hydrogens (primary N) is 1. The third-order valence-corrected chi connectivity index (χ3v) is 1.46. The zero-order valence-corrected chi connectivity index (χ0v) is 9.03. The summed E-state index contributed by atoms with van der Waals surface area (Å²) in [6, 6.07) is 0. The van der Waals surface area contributed by atoms with Gasteiger partial charge in [0.25, 0.3) is 0 Å². The molecule has 0 fully saturated rings. The molecule has 0 unspecified atom stereocenters. The van der Waals surface area contributed by atoms with Crippen molar-refractivity contribution in [3.8, 4) is 0 Å². The van der Waals surface area contributed by atoms with Crippen LogP contribution in [0, 0.1) is 0 Å². The summed E-state index contributed by atoms with van der Waals surface area (Å²) in [6.07, 6.45) is 2.91. The minimum Gasteiger partial charge on any atom is -0.481 e. The first-order valence-electron chi connectivity index (χ1n) is 4.72. The molecule has 0 aliphatic rings. The van der Waals surface area contributed by atoms with Crippen molar-refractivity contribution >= 4 is 11.9 Å². The molecule has 5 heteroatoms. The summed E-state index contributed by atoms with van der Waals surface area (Å²) in [5, 5.41) is 16.1. The second kappa shape index (κ2) is 10.7. The summed E-state index contributed by atoms with van der Waals surface area (Å²) in [6.45, 7) is 5.27. The van der Waals surface area contributed by atoms with E-state index in [9.17, 15) is 9.59 Å². The van der Waals surface area contributed by atoms with Gasteiger partial charge in [-0.1, -0.05) is 13.0 Å². The number of rotatable bonds is 6. The van der Waals surface area contributed by atoms with Crippen LogP contribution in [-0.2, 0) is 9.59 Å². The molecular weight excluding hydrogens is 198 g/mol. The smallest absolute Gasteiger partial charge is 0.330 e. The number of unbranched alkanes of at least 4 members (excludes halogenated alkanes) is 2. The van der Waals surface area contributed by atoms with Crippen LogP contribution in [-0.4, -0.2) is 28.7 Å². The van der Waals surface area contributed by atoms with Crippen molar-refractivity contribution in [3.05, 3.63) is 12.2 Å². The van der Waals surface area contributed by atoms with E-state index >= 15 is 0 Å². The molecule has 0 aliphatic heterocycles. The molecule has 15 heavy (non-hydrogen) atoms. The molecule has 0 bridgehead atoms. The van der Waals surface area contributed by atoms with E-state index in [4.69, 9.17) is 15.9 Å². The molecule has 5 nitrogen and oxygen atoms in total. The molecule has 0 radical (unpaired) electrons. The number of carbonyl (C=O) groups is 2. The van der Waals surface area contributed by atoms with Gasteiger partial charge in [0.15, 0.2) is 0 Å². The molecule has 0 aromatic rings. The number of hydrogen-bond donors (Lipinski definition) is 3. The van der Waals surface area contributed by atoms with Gasteiger partial charge in [-0.2, -0.15) is 0 Å². The summed E-state index contributed by atoms with van der Waals surface area (Å²) < 4.78 is 0. The van der Waals surface area contributed by atoms with Crippen molar-refractivity contribution in [1.29, 1.82) is 0 Å². The second-order valence-electron chi connectivity index (χ2n) is 3.08. The van der Waals surface area contributed by atoms with Gasteiger partial charge in [0, 0.05) is 12.0 Å². The molecule has 0 aromatic carbocycles. The normalized spacial score (nSPS) is 8.67. The Labute approximate surface area is 89.6 Å². The molecule has 0 atom stereocenters. The Hall–Kier alpha value is -1.36. The highest BCUT2D eigenvalue weighted by Gasteiger charge is 1.94. The summed E-state index contributed by atoms with van der Waals surface area (Å²) >= 11 is 0. The molecular formula is C10H19NO4. The lowest BCUT2D eigenvalue weighted by Crippen LogP contribution is -1.99. The zero-order chi connectivity index (χ0) is 12.3. The quantitative estimate of drug-likeness (QED) is 0.459. The van der Waals surface area contributed by atoms with E-state index in [1.807, 2.05) is 0 Å². The lowest BCUT2D eigenvalue weighted by molar-refractivity contribution is -0.137. The maximum absolute atomic E-state index is 9.93. The highest BCUT2D eigenvalue weighted by molar-refractivity contribution is 5.84. The van der Waals surface area contributed by atoms with Crippen molar-refractivity contribution in [1.82, 2.24) is 0 Å². The van der Waals surface area contributed by atoms with Crippen molar-refractivity contribution < 1.29 is 19.8 Å². The maximum Gasteiger partial charge on any atom is 0.330 e. The Morgan fingerprint density at radius 3 is 1.93 bits per heavy atom. The molecule has 0 spiro atoms. The molecule has 0 saturated heterocycles. The standard InChI is InChI=1S/C6H13NO2.C4H6O2/c7-5-3-1-2-4-6(8)9;1-3(2)4(5)6/h1-5,7H2,(H,8,9);1H2,2H3,(H,5,6). The SMILES string of the molecule is C=C(C)C(=O)O.NCCCCCC(=O)O. The van der Waals surface area contributed by atoms with E-state index in [0.717, 1.165) is 19.3 Å². The van der Waals surface area contributed by atoms with E-state index < -0.39 is 11.9 Å². The van der Waals surface area contributed by atoms with Crippen LogP contribution in [0.25, 0.3) is 0 Å². The Kier molecular flexibility index (Phi) is 11.5. The Balaban J connectivity index is 0. The molecule has 0 aliphatic carbocycles. The molecule has 4 N–H and O–H groups in total. The number of aliphatic carboxylic acids is 2. The first kappa shape index (κ1) is 16.1. The lowest BCUT2D eigenvalue weighted by Gasteiger charge is -1.93. The van der Waals surface area contributed by atoms with Gasteiger partial charge in [-0.05, 0) is 26.3 Å². The second-order valence-corrected chi connectivity index (χ2v) is 3.08. The largest absolute Gasteiger partial charge is 0.481 e. The van der Waals surface area contributed by atoms with Gasteiger partial charge in [0.2, 0.25) is 0 Å². The Morgan fingerprint density at radius 2 is 1.67 bits per heavy atom. The fourth-order valence-corrected chi connectivity index (χ4v) is 0.597. The third kappa shape index (κ3) is 19.2. The number of hydrogen-bond acceptors (Lipinski definition) is 3. The maximum atomic E-state index is 9.93. The average Bonchev–Trinajstić information content (AvgIpc) is 2.13. The first-order chi connectivity index (χ1) is 6.91. The van der Waals surface area contributed by atoms with E-state index in [1.165, 1.54) is 6.92 Å². The van der Waals surface area contributed by atoms with E-state index in [0.29, 0.717) is 6.54 Å². The van der Waals surface area contributed by atoms with Crippen LogP contribution in [0.5, 0.6) is 0 Å². The summed E-state index contributed by atoms with van der Waals surface area (Å²) in [5.74, 6) is -1.65. The Bertz CT molecular complexity index is 201. The van der Waals surface area contributed by atoms with Crippen molar-refractivity contribution in [2.24, 2.45) is 5.73 Å². The number of carboxylic acids is 2. The average molecular weight is 217 g/mol. The fourth-order valence-electron chi connectivity index (χ4n) is 0.597. The van der Waals surface area contributed by atoms with Gasteiger partial charge >= 0.3 is 11.9 Å². The predicted octanol–water partition coefficient (Wildman–Crippen LogP) is 1.24. The van der Waals surface area contributed by atoms with E-state index in [1.54, 1.807) is 0 Å². The van der Waals surface area contributed by atoms with Crippen molar-refractivity contribution in [3.63, 3.8) is 0 Å². The zero-order valence-electron chi connectivity index (χ0n) is 9.03. The summed E-state index contributed by atoms with van der Waals surface area (Å²) in [4.78, 5) is 19.5. The van der Waals surface area contributed by atoms with Crippen LogP contribution in [0.15, 0.2) is 12.2 Å². The van der Waals surface area contributed by atoms with Crippen LogP contribution in [0.2, 0.25) is 0 Å². The topological polar surface area (TPSA) is 101 Å². The minimum absolute atomic E-state index is 0.176. The van der Waals surface area contributed by atoms with Gasteiger partial charge in [-0.3, -0.25) is 4.79 Å². The van der Waals surface area contributed by atoms with Gasteiger partial charge in [0.05, 0.1) is 0 Å². The molecule has 0 heterocycles. The van der Waals surface area contributed by atoms with Crippen LogP contribution in [0.1, 0.15) is 32.6 Å².